The van der Waals surface area contributed by atoms with E-state index in [2.05, 4.69) is 66.5 Å². The second-order valence-corrected chi connectivity index (χ2v) is 6.42. The highest BCUT2D eigenvalue weighted by Crippen LogP contribution is 2.47. The van der Waals surface area contributed by atoms with Crippen LogP contribution in [0.2, 0.25) is 0 Å². The molecule has 1 aliphatic carbocycles. The number of fused-ring (bicyclic) bond motifs is 3. The Morgan fingerprint density at radius 2 is 1.81 bits per heavy atom. The molecule has 3 heteroatoms. The first-order valence-corrected chi connectivity index (χ1v) is 8.24. The molecule has 0 radical (unpaired) electrons. The van der Waals surface area contributed by atoms with Crippen LogP contribution in [0.25, 0.3) is 11.3 Å². The molecule has 21 heavy (non-hydrogen) atoms. The Morgan fingerprint density at radius 3 is 2.62 bits per heavy atom. The van der Waals surface area contributed by atoms with Crippen LogP contribution in [0.1, 0.15) is 29.7 Å². The van der Waals surface area contributed by atoms with E-state index in [0.29, 0.717) is 0 Å². The minimum Gasteiger partial charge on any atom is -0.335 e. The summed E-state index contributed by atoms with van der Waals surface area (Å²) in [5.74, 6) is 1.31. The second-order valence-electron chi connectivity index (χ2n) is 5.17. The number of benzene rings is 2. The maximum atomic E-state index is 4.81. The third-order valence-electron chi connectivity index (χ3n) is 3.94. The highest BCUT2D eigenvalue weighted by molar-refractivity contribution is 7.99. The van der Waals surface area contributed by atoms with Crippen LogP contribution in [-0.2, 0) is 0 Å². The van der Waals surface area contributed by atoms with Crippen LogP contribution in [-0.4, -0.2) is 15.7 Å². The molecule has 0 bridgehead atoms. The summed E-state index contributed by atoms with van der Waals surface area (Å²) < 4.78 is 0. The maximum absolute atomic E-state index is 4.81. The number of aromatic amines is 1. The Labute approximate surface area is 128 Å². The summed E-state index contributed by atoms with van der Waals surface area (Å²) in [6.45, 7) is 2.15. The summed E-state index contributed by atoms with van der Waals surface area (Å²) in [5.41, 5.74) is 6.29. The maximum Gasteiger partial charge on any atom is 0.166 e. The molecule has 0 aliphatic heterocycles. The third-order valence-corrected chi connectivity index (χ3v) is 4.70. The summed E-state index contributed by atoms with van der Waals surface area (Å²) in [4.78, 5) is 8.35. The molecule has 4 rings (SSSR count). The zero-order valence-corrected chi connectivity index (χ0v) is 12.7. The molecule has 1 unspecified atom stereocenters. The standard InChI is InChI=1S/C18H16N2S/c1-2-21-18-19-16-14-11-7-6-10-13(14)15(17(16)20-18)12-8-4-3-5-9-12/h3-11,15H,2H2,1H3,(H,19,20). The summed E-state index contributed by atoms with van der Waals surface area (Å²) in [6, 6.07) is 19.3. The lowest BCUT2D eigenvalue weighted by molar-refractivity contribution is 0.925. The van der Waals surface area contributed by atoms with Gasteiger partial charge in [-0.1, -0.05) is 73.3 Å². The van der Waals surface area contributed by atoms with Crippen LogP contribution in [0, 0.1) is 0 Å². The Hall–Kier alpha value is -2.00. The largest absolute Gasteiger partial charge is 0.335 e. The van der Waals surface area contributed by atoms with Crippen molar-refractivity contribution in [2.45, 2.75) is 18.0 Å². The zero-order valence-electron chi connectivity index (χ0n) is 11.8. The smallest absolute Gasteiger partial charge is 0.166 e. The average Bonchev–Trinajstić information content (AvgIpc) is 3.05. The van der Waals surface area contributed by atoms with Gasteiger partial charge in [0.2, 0.25) is 0 Å². The fourth-order valence-electron chi connectivity index (χ4n) is 3.10. The van der Waals surface area contributed by atoms with Crippen molar-refractivity contribution >= 4 is 11.8 Å². The summed E-state index contributed by atoms with van der Waals surface area (Å²) in [5, 5.41) is 1.03. The van der Waals surface area contributed by atoms with Gasteiger partial charge in [-0.2, -0.15) is 0 Å². The quantitative estimate of drug-likeness (QED) is 0.555. The minimum atomic E-state index is 0.274. The summed E-state index contributed by atoms with van der Waals surface area (Å²) in [7, 11) is 0. The first-order valence-electron chi connectivity index (χ1n) is 7.25. The molecule has 1 heterocycles. The molecule has 0 saturated heterocycles. The van der Waals surface area contributed by atoms with Crippen molar-refractivity contribution in [1.29, 1.82) is 0 Å². The predicted octanol–water partition coefficient (Wildman–Crippen LogP) is 4.68. The van der Waals surface area contributed by atoms with Gasteiger partial charge in [0, 0.05) is 5.56 Å². The van der Waals surface area contributed by atoms with Crippen molar-refractivity contribution in [2.75, 3.05) is 5.75 Å². The van der Waals surface area contributed by atoms with Gasteiger partial charge in [0.1, 0.15) is 0 Å². The van der Waals surface area contributed by atoms with Crippen LogP contribution in [0.5, 0.6) is 0 Å². The number of thioether (sulfide) groups is 1. The van der Waals surface area contributed by atoms with E-state index in [0.717, 1.165) is 16.6 Å². The number of imidazole rings is 1. The Balaban J connectivity index is 1.92. The van der Waals surface area contributed by atoms with Crippen LogP contribution in [0.4, 0.5) is 0 Å². The number of hydrogen-bond donors (Lipinski definition) is 1. The van der Waals surface area contributed by atoms with Crippen molar-refractivity contribution in [1.82, 2.24) is 9.97 Å². The number of nitrogens with zero attached hydrogens (tertiary/aromatic N) is 1. The fraction of sp³-hybridized carbons (Fsp3) is 0.167. The third kappa shape index (κ3) is 2.00. The van der Waals surface area contributed by atoms with E-state index in [-0.39, 0.29) is 5.92 Å². The van der Waals surface area contributed by atoms with Crippen molar-refractivity contribution in [2.24, 2.45) is 0 Å². The highest BCUT2D eigenvalue weighted by Gasteiger charge is 2.32. The normalized spacial score (nSPS) is 15.8. The first-order chi connectivity index (χ1) is 10.4. The molecule has 1 aromatic heterocycles. The van der Waals surface area contributed by atoms with Crippen LogP contribution >= 0.6 is 11.8 Å². The average molecular weight is 292 g/mol. The molecule has 3 aromatic rings. The van der Waals surface area contributed by atoms with Gasteiger partial charge in [0.25, 0.3) is 0 Å². The molecule has 0 saturated carbocycles. The van der Waals surface area contributed by atoms with Crippen molar-refractivity contribution in [3.05, 3.63) is 71.4 Å². The van der Waals surface area contributed by atoms with Gasteiger partial charge in [-0.3, -0.25) is 0 Å². The van der Waals surface area contributed by atoms with E-state index < -0.39 is 0 Å². The van der Waals surface area contributed by atoms with Crippen LogP contribution < -0.4 is 0 Å². The monoisotopic (exact) mass is 292 g/mol. The lowest BCUT2D eigenvalue weighted by Gasteiger charge is -2.13. The molecule has 1 N–H and O–H groups in total. The second kappa shape index (κ2) is 5.08. The Morgan fingerprint density at radius 1 is 1.05 bits per heavy atom. The molecule has 1 atom stereocenters. The van der Waals surface area contributed by atoms with E-state index in [1.54, 1.807) is 11.8 Å². The molecule has 2 nitrogen and oxygen atoms in total. The Kier molecular flexibility index (Phi) is 3.08. The highest BCUT2D eigenvalue weighted by atomic mass is 32.2. The topological polar surface area (TPSA) is 28.7 Å². The molecule has 104 valence electrons. The van der Waals surface area contributed by atoms with Crippen molar-refractivity contribution < 1.29 is 0 Å². The van der Waals surface area contributed by atoms with Crippen molar-refractivity contribution in [3.63, 3.8) is 0 Å². The molecular weight excluding hydrogens is 276 g/mol. The molecule has 0 amide bonds. The number of nitrogens with one attached hydrogen (secondary N) is 1. The molecule has 0 spiro atoms. The van der Waals surface area contributed by atoms with Gasteiger partial charge in [-0.05, 0) is 16.9 Å². The summed E-state index contributed by atoms with van der Waals surface area (Å²) >= 11 is 1.76. The van der Waals surface area contributed by atoms with E-state index in [9.17, 15) is 0 Å². The fourth-order valence-corrected chi connectivity index (χ4v) is 3.71. The van der Waals surface area contributed by atoms with E-state index >= 15 is 0 Å². The van der Waals surface area contributed by atoms with E-state index in [1.165, 1.54) is 22.4 Å². The lowest BCUT2D eigenvalue weighted by atomic mass is 9.92. The van der Waals surface area contributed by atoms with Gasteiger partial charge in [-0.25, -0.2) is 4.98 Å². The number of hydrogen-bond acceptors (Lipinski definition) is 2. The van der Waals surface area contributed by atoms with Gasteiger partial charge in [0.15, 0.2) is 5.16 Å². The number of rotatable bonds is 3. The van der Waals surface area contributed by atoms with Gasteiger partial charge < -0.3 is 4.98 Å². The molecule has 1 aliphatic rings. The molecular formula is C18H16N2S. The van der Waals surface area contributed by atoms with Crippen molar-refractivity contribution in [3.8, 4) is 11.3 Å². The zero-order chi connectivity index (χ0) is 14.2. The van der Waals surface area contributed by atoms with Crippen LogP contribution in [0.3, 0.4) is 0 Å². The van der Waals surface area contributed by atoms with Gasteiger partial charge >= 0.3 is 0 Å². The van der Waals surface area contributed by atoms with E-state index in [1.807, 2.05) is 0 Å². The number of H-pyrrole nitrogens is 1. The molecule has 2 aromatic carbocycles. The van der Waals surface area contributed by atoms with E-state index in [4.69, 9.17) is 4.98 Å². The van der Waals surface area contributed by atoms with Gasteiger partial charge in [0.05, 0.1) is 17.3 Å². The summed E-state index contributed by atoms with van der Waals surface area (Å²) in [6.07, 6.45) is 0. The molecule has 0 fully saturated rings. The minimum absolute atomic E-state index is 0.274. The SMILES string of the molecule is CCSc1nc2c([nH]1)C(c1ccccc1)c1ccccc1-2. The lowest BCUT2D eigenvalue weighted by Crippen LogP contribution is -2.00. The van der Waals surface area contributed by atoms with Gasteiger partial charge in [-0.15, -0.1) is 0 Å². The Bertz CT molecular complexity index is 777. The van der Waals surface area contributed by atoms with Crippen LogP contribution in [0.15, 0.2) is 59.8 Å². The number of aromatic nitrogens is 2. The first kappa shape index (κ1) is 12.7. The predicted molar refractivity (Wildman–Crippen MR) is 87.8 cm³/mol.